The average molecular weight is 288 g/mol. The molecule has 112 valence electrons. The van der Waals surface area contributed by atoms with Crippen molar-refractivity contribution in [2.75, 3.05) is 6.54 Å². The van der Waals surface area contributed by atoms with Crippen LogP contribution in [0.5, 0.6) is 0 Å². The minimum Gasteiger partial charge on any atom is -0.444 e. The highest BCUT2D eigenvalue weighted by atomic mass is 16.6. The Morgan fingerprint density at radius 3 is 2.81 bits per heavy atom. The van der Waals surface area contributed by atoms with E-state index in [2.05, 4.69) is 22.3 Å². The molecule has 0 saturated heterocycles. The van der Waals surface area contributed by atoms with Crippen LogP contribution in [0.2, 0.25) is 0 Å². The number of benzene rings is 1. The van der Waals surface area contributed by atoms with Crippen molar-refractivity contribution in [1.29, 1.82) is 0 Å². The van der Waals surface area contributed by atoms with Gasteiger partial charge in [-0.05, 0) is 26.8 Å². The molecule has 1 rings (SSSR count). The quantitative estimate of drug-likeness (QED) is 0.295. The third kappa shape index (κ3) is 7.02. The lowest BCUT2D eigenvalue weighted by molar-refractivity contribution is 0.0529. The molecular weight excluding hydrogens is 268 g/mol. The highest BCUT2D eigenvalue weighted by molar-refractivity contribution is 5.83. The molecule has 5 nitrogen and oxygen atoms in total. The third-order valence-electron chi connectivity index (χ3n) is 2.30. The molecule has 0 fully saturated rings. The maximum absolute atomic E-state index is 11.4. The number of amides is 1. The van der Waals surface area contributed by atoms with E-state index < -0.39 is 11.7 Å². The lowest BCUT2D eigenvalue weighted by Crippen LogP contribution is -2.32. The predicted octanol–water partition coefficient (Wildman–Crippen LogP) is 2.76. The zero-order chi connectivity index (χ0) is 15.7. The molecule has 21 heavy (non-hydrogen) atoms. The first-order chi connectivity index (χ1) is 9.92. The predicted molar refractivity (Wildman–Crippen MR) is 81.6 cm³/mol. The zero-order valence-electron chi connectivity index (χ0n) is 12.5. The zero-order valence-corrected chi connectivity index (χ0v) is 12.5. The van der Waals surface area contributed by atoms with Crippen molar-refractivity contribution in [1.82, 2.24) is 5.32 Å². The smallest absolute Gasteiger partial charge is 0.407 e. The summed E-state index contributed by atoms with van der Waals surface area (Å²) in [5, 5.41) is 14.2. The van der Waals surface area contributed by atoms with E-state index in [4.69, 9.17) is 9.94 Å². The Morgan fingerprint density at radius 2 is 2.14 bits per heavy atom. The van der Waals surface area contributed by atoms with Crippen LogP contribution in [0, 0.1) is 11.8 Å². The molecular formula is C16H20N2O3. The van der Waals surface area contributed by atoms with E-state index in [0.29, 0.717) is 13.0 Å². The summed E-state index contributed by atoms with van der Waals surface area (Å²) in [6.45, 7) is 5.85. The number of carbonyl (C=O) groups is 1. The van der Waals surface area contributed by atoms with Crippen molar-refractivity contribution >= 4 is 12.3 Å². The van der Waals surface area contributed by atoms with Crippen LogP contribution in [0.1, 0.15) is 38.3 Å². The molecule has 5 heteroatoms. The first-order valence-electron chi connectivity index (χ1n) is 6.64. The highest BCUT2D eigenvalue weighted by Crippen LogP contribution is 2.06. The molecule has 1 aromatic rings. The number of ether oxygens (including phenoxy) is 1. The fourth-order valence-electron chi connectivity index (χ4n) is 1.48. The van der Waals surface area contributed by atoms with Crippen LogP contribution in [-0.4, -0.2) is 29.7 Å². The van der Waals surface area contributed by atoms with Crippen molar-refractivity contribution in [2.24, 2.45) is 5.16 Å². The Bertz CT molecular complexity index is 563. The van der Waals surface area contributed by atoms with Crippen molar-refractivity contribution in [3.8, 4) is 11.8 Å². The second-order valence-electron chi connectivity index (χ2n) is 5.31. The number of nitrogens with zero attached hydrogens (tertiary/aromatic N) is 1. The molecule has 0 heterocycles. The Kier molecular flexibility index (Phi) is 6.28. The number of hydrogen-bond donors (Lipinski definition) is 2. The maximum atomic E-state index is 11.4. The number of alkyl carbamates (subject to hydrolysis) is 1. The largest absolute Gasteiger partial charge is 0.444 e. The van der Waals surface area contributed by atoms with E-state index in [0.717, 1.165) is 11.1 Å². The molecule has 2 N–H and O–H groups in total. The fraction of sp³-hybridized carbons (Fsp3) is 0.375. The van der Waals surface area contributed by atoms with E-state index in [1.165, 1.54) is 6.21 Å². The van der Waals surface area contributed by atoms with E-state index >= 15 is 0 Å². The van der Waals surface area contributed by atoms with Crippen LogP contribution in [-0.2, 0) is 4.74 Å². The minimum absolute atomic E-state index is 0.415. The Hall–Kier alpha value is -2.48. The van der Waals surface area contributed by atoms with Gasteiger partial charge in [-0.25, -0.2) is 4.79 Å². The summed E-state index contributed by atoms with van der Waals surface area (Å²) in [4.78, 5) is 11.4. The van der Waals surface area contributed by atoms with Gasteiger partial charge in [0.15, 0.2) is 0 Å². The Morgan fingerprint density at radius 1 is 1.43 bits per heavy atom. The fourth-order valence-corrected chi connectivity index (χ4v) is 1.48. The monoisotopic (exact) mass is 288 g/mol. The Labute approximate surface area is 125 Å². The van der Waals surface area contributed by atoms with Gasteiger partial charge >= 0.3 is 6.09 Å². The van der Waals surface area contributed by atoms with Gasteiger partial charge in [0.05, 0.1) is 6.21 Å². The van der Waals surface area contributed by atoms with Gasteiger partial charge < -0.3 is 15.3 Å². The van der Waals surface area contributed by atoms with Crippen LogP contribution >= 0.6 is 0 Å². The molecule has 0 atom stereocenters. The number of hydrogen-bond acceptors (Lipinski definition) is 4. The molecule has 0 aliphatic carbocycles. The van der Waals surface area contributed by atoms with Gasteiger partial charge in [-0.3, -0.25) is 0 Å². The first-order valence-corrected chi connectivity index (χ1v) is 6.64. The third-order valence-corrected chi connectivity index (χ3v) is 2.30. The second kappa shape index (κ2) is 7.95. The maximum Gasteiger partial charge on any atom is 0.407 e. The molecule has 0 spiro atoms. The van der Waals surface area contributed by atoms with Gasteiger partial charge in [-0.2, -0.15) is 0 Å². The van der Waals surface area contributed by atoms with E-state index in [1.54, 1.807) is 0 Å². The summed E-state index contributed by atoms with van der Waals surface area (Å²) in [5.74, 6) is 5.93. The second-order valence-corrected chi connectivity index (χ2v) is 5.31. The van der Waals surface area contributed by atoms with Crippen LogP contribution < -0.4 is 5.32 Å². The normalized spacial score (nSPS) is 10.8. The molecule has 0 aliphatic rings. The standard InChI is InChI=1S/C16H20N2O3/c1-16(2,3)21-15(19)17-11-7-6-9-13-8-4-5-10-14(13)12-18-20/h4-5,8,10,12,20H,7,11H2,1-3H3,(H,17,19). The van der Waals surface area contributed by atoms with Gasteiger partial charge in [-0.1, -0.05) is 35.2 Å². The van der Waals surface area contributed by atoms with Crippen molar-refractivity contribution in [2.45, 2.75) is 32.8 Å². The molecule has 0 unspecified atom stereocenters. The van der Waals surface area contributed by atoms with Gasteiger partial charge in [-0.15, -0.1) is 0 Å². The average Bonchev–Trinajstić information content (AvgIpc) is 2.38. The van der Waals surface area contributed by atoms with Crippen molar-refractivity contribution < 1.29 is 14.7 Å². The van der Waals surface area contributed by atoms with E-state index in [9.17, 15) is 4.79 Å². The van der Waals surface area contributed by atoms with Crippen LogP contribution in [0.4, 0.5) is 4.79 Å². The lowest BCUT2D eigenvalue weighted by atomic mass is 10.1. The Balaban J connectivity index is 2.46. The SMILES string of the molecule is CC(C)(C)OC(=O)NCCC#Cc1ccccc1C=NO. The molecule has 0 bridgehead atoms. The summed E-state index contributed by atoms with van der Waals surface area (Å²) >= 11 is 0. The molecule has 0 saturated carbocycles. The molecule has 0 radical (unpaired) electrons. The molecule has 1 aromatic carbocycles. The number of carbonyl (C=O) groups excluding carboxylic acids is 1. The van der Waals surface area contributed by atoms with Gasteiger partial charge in [0.1, 0.15) is 5.60 Å². The summed E-state index contributed by atoms with van der Waals surface area (Å²) < 4.78 is 5.11. The molecule has 1 amide bonds. The van der Waals surface area contributed by atoms with Crippen LogP contribution in [0.15, 0.2) is 29.4 Å². The minimum atomic E-state index is -0.502. The van der Waals surface area contributed by atoms with E-state index in [1.807, 2.05) is 45.0 Å². The molecule has 0 aliphatic heterocycles. The van der Waals surface area contributed by atoms with Crippen LogP contribution in [0.3, 0.4) is 0 Å². The number of rotatable bonds is 3. The van der Waals surface area contributed by atoms with Gasteiger partial charge in [0, 0.05) is 24.1 Å². The summed E-state index contributed by atoms with van der Waals surface area (Å²) in [6.07, 6.45) is 1.39. The first kappa shape index (κ1) is 16.6. The van der Waals surface area contributed by atoms with Gasteiger partial charge in [0.2, 0.25) is 0 Å². The highest BCUT2D eigenvalue weighted by Gasteiger charge is 2.15. The van der Waals surface area contributed by atoms with Crippen molar-refractivity contribution in [3.63, 3.8) is 0 Å². The number of nitrogens with one attached hydrogen (secondary N) is 1. The van der Waals surface area contributed by atoms with Crippen molar-refractivity contribution in [3.05, 3.63) is 35.4 Å². The molecule has 0 aromatic heterocycles. The summed E-state index contributed by atoms with van der Waals surface area (Å²) in [6, 6.07) is 7.35. The summed E-state index contributed by atoms with van der Waals surface area (Å²) in [5.41, 5.74) is 1.01. The lowest BCUT2D eigenvalue weighted by Gasteiger charge is -2.19. The topological polar surface area (TPSA) is 70.9 Å². The summed E-state index contributed by atoms with van der Waals surface area (Å²) in [7, 11) is 0. The van der Waals surface area contributed by atoms with E-state index in [-0.39, 0.29) is 0 Å². The van der Waals surface area contributed by atoms with Crippen LogP contribution in [0.25, 0.3) is 0 Å². The number of oxime groups is 1. The van der Waals surface area contributed by atoms with Gasteiger partial charge in [0.25, 0.3) is 0 Å².